The maximum absolute atomic E-state index is 12.5. The number of carbonyl (C=O) groups is 1. The minimum absolute atomic E-state index is 0.0662. The lowest BCUT2D eigenvalue weighted by molar-refractivity contribution is -0.127. The van der Waals surface area contributed by atoms with Gasteiger partial charge in [-0.25, -0.2) is 9.97 Å². The van der Waals surface area contributed by atoms with Gasteiger partial charge >= 0.3 is 0 Å². The summed E-state index contributed by atoms with van der Waals surface area (Å²) in [7, 11) is 0. The van der Waals surface area contributed by atoms with Crippen LogP contribution in [-0.4, -0.2) is 33.9 Å². The first kappa shape index (κ1) is 16.4. The summed E-state index contributed by atoms with van der Waals surface area (Å²) in [6, 6.07) is 8.24. The molecule has 1 aliphatic heterocycles. The van der Waals surface area contributed by atoms with Gasteiger partial charge in [0.2, 0.25) is 5.91 Å². The van der Waals surface area contributed by atoms with E-state index in [1.807, 2.05) is 35.4 Å². The average Bonchev–Trinajstić information content (AvgIpc) is 3.25. The summed E-state index contributed by atoms with van der Waals surface area (Å²) in [6.07, 6.45) is 5.58. The Labute approximate surface area is 154 Å². The number of thiazole rings is 2. The fourth-order valence-corrected chi connectivity index (χ4v) is 4.84. The third-order valence-electron chi connectivity index (χ3n) is 4.43. The standard InChI is InChI=1S/C19H19N3OS2/c1-13-20-15(12-24-13)8-9-18(23)22-10-4-5-14(11-22)19-21-16-6-2-3-7-17(16)25-19/h2-3,6-9,12,14H,4-5,10-11H2,1H3. The van der Waals surface area contributed by atoms with Crippen molar-refractivity contribution >= 4 is 44.9 Å². The molecule has 1 atom stereocenters. The van der Waals surface area contributed by atoms with Gasteiger partial charge in [-0.05, 0) is 38.0 Å². The molecule has 2 aromatic heterocycles. The molecule has 0 saturated carbocycles. The molecule has 6 heteroatoms. The number of nitrogens with zero attached hydrogens (tertiary/aromatic N) is 3. The number of fused-ring (bicyclic) bond motifs is 1. The van der Waals surface area contributed by atoms with Crippen molar-refractivity contribution in [3.63, 3.8) is 0 Å². The number of amides is 1. The SMILES string of the molecule is Cc1nc(C=CC(=O)N2CCCC(c3nc4ccccc4s3)C2)cs1. The number of hydrogen-bond acceptors (Lipinski definition) is 5. The molecule has 0 N–H and O–H groups in total. The largest absolute Gasteiger partial charge is 0.338 e. The molecule has 1 aromatic carbocycles. The lowest BCUT2D eigenvalue weighted by Gasteiger charge is -2.31. The summed E-state index contributed by atoms with van der Waals surface area (Å²) in [5.41, 5.74) is 1.92. The molecular weight excluding hydrogens is 350 g/mol. The fourth-order valence-electron chi connectivity index (χ4n) is 3.16. The van der Waals surface area contributed by atoms with Gasteiger partial charge in [0.25, 0.3) is 0 Å². The number of piperidine rings is 1. The highest BCUT2D eigenvalue weighted by molar-refractivity contribution is 7.18. The number of para-hydroxylation sites is 1. The number of benzene rings is 1. The number of carbonyl (C=O) groups excluding carboxylic acids is 1. The third kappa shape index (κ3) is 3.65. The first-order valence-corrected chi connectivity index (χ1v) is 10.1. The van der Waals surface area contributed by atoms with Crippen molar-refractivity contribution in [3.05, 3.63) is 51.4 Å². The van der Waals surface area contributed by atoms with Crippen molar-refractivity contribution in [2.24, 2.45) is 0 Å². The normalized spacial score (nSPS) is 18.3. The van der Waals surface area contributed by atoms with Crippen LogP contribution >= 0.6 is 22.7 Å². The van der Waals surface area contributed by atoms with E-state index in [0.717, 1.165) is 47.2 Å². The van der Waals surface area contributed by atoms with Gasteiger partial charge in [-0.15, -0.1) is 22.7 Å². The first-order valence-electron chi connectivity index (χ1n) is 8.43. The summed E-state index contributed by atoms with van der Waals surface area (Å²) >= 11 is 3.35. The number of rotatable bonds is 3. The zero-order valence-corrected chi connectivity index (χ0v) is 15.6. The molecule has 4 rings (SSSR count). The number of hydrogen-bond donors (Lipinski definition) is 0. The highest BCUT2D eigenvalue weighted by atomic mass is 32.1. The molecule has 0 spiro atoms. The Morgan fingerprint density at radius 3 is 3.00 bits per heavy atom. The third-order valence-corrected chi connectivity index (χ3v) is 6.42. The minimum Gasteiger partial charge on any atom is -0.338 e. The van der Waals surface area contributed by atoms with Gasteiger partial charge in [0.1, 0.15) is 0 Å². The quantitative estimate of drug-likeness (QED) is 0.640. The number of likely N-dealkylation sites (tertiary alicyclic amines) is 1. The molecule has 1 amide bonds. The monoisotopic (exact) mass is 369 g/mol. The second-order valence-corrected chi connectivity index (χ2v) is 8.39. The predicted molar refractivity (Wildman–Crippen MR) is 104 cm³/mol. The van der Waals surface area contributed by atoms with E-state index in [2.05, 4.69) is 17.1 Å². The Hall–Kier alpha value is -2.05. The van der Waals surface area contributed by atoms with Crippen molar-refractivity contribution < 1.29 is 4.79 Å². The Morgan fingerprint density at radius 2 is 2.20 bits per heavy atom. The van der Waals surface area contributed by atoms with E-state index in [-0.39, 0.29) is 5.91 Å². The zero-order chi connectivity index (χ0) is 17.2. The van der Waals surface area contributed by atoms with E-state index in [1.54, 1.807) is 28.7 Å². The van der Waals surface area contributed by atoms with E-state index in [4.69, 9.17) is 4.98 Å². The van der Waals surface area contributed by atoms with Gasteiger partial charge < -0.3 is 4.90 Å². The van der Waals surface area contributed by atoms with Crippen molar-refractivity contribution in [1.82, 2.24) is 14.9 Å². The number of aryl methyl sites for hydroxylation is 1. The van der Waals surface area contributed by atoms with E-state index in [9.17, 15) is 4.79 Å². The average molecular weight is 370 g/mol. The molecule has 25 heavy (non-hydrogen) atoms. The molecule has 3 heterocycles. The van der Waals surface area contributed by atoms with Gasteiger partial charge in [-0.2, -0.15) is 0 Å². The Bertz CT molecular complexity index is 895. The second kappa shape index (κ2) is 7.06. The molecule has 1 aliphatic rings. The molecular formula is C19H19N3OS2. The van der Waals surface area contributed by atoms with Crippen molar-refractivity contribution in [2.75, 3.05) is 13.1 Å². The second-order valence-electron chi connectivity index (χ2n) is 6.27. The minimum atomic E-state index is 0.0662. The molecule has 3 aromatic rings. The molecule has 4 nitrogen and oxygen atoms in total. The topological polar surface area (TPSA) is 46.1 Å². The van der Waals surface area contributed by atoms with Crippen molar-refractivity contribution in [3.8, 4) is 0 Å². The van der Waals surface area contributed by atoms with E-state index in [0.29, 0.717) is 5.92 Å². The fraction of sp³-hybridized carbons (Fsp3) is 0.316. The van der Waals surface area contributed by atoms with Crippen LogP contribution in [0.5, 0.6) is 0 Å². The van der Waals surface area contributed by atoms with Crippen molar-refractivity contribution in [2.45, 2.75) is 25.7 Å². The molecule has 128 valence electrons. The molecule has 1 saturated heterocycles. The summed E-state index contributed by atoms with van der Waals surface area (Å²) in [4.78, 5) is 23.6. The molecule has 0 bridgehead atoms. The van der Waals surface area contributed by atoms with Gasteiger partial charge in [0.05, 0.1) is 25.9 Å². The van der Waals surface area contributed by atoms with Gasteiger partial charge in [-0.3, -0.25) is 4.79 Å². The van der Waals surface area contributed by atoms with E-state index in [1.165, 1.54) is 4.70 Å². The maximum atomic E-state index is 12.5. The highest BCUT2D eigenvalue weighted by Crippen LogP contribution is 2.33. The van der Waals surface area contributed by atoms with Gasteiger partial charge in [0.15, 0.2) is 0 Å². The van der Waals surface area contributed by atoms with Crippen LogP contribution in [0.25, 0.3) is 16.3 Å². The summed E-state index contributed by atoms with van der Waals surface area (Å²) in [6.45, 7) is 3.54. The van der Waals surface area contributed by atoms with Crippen LogP contribution in [0.15, 0.2) is 35.7 Å². The summed E-state index contributed by atoms with van der Waals surface area (Å²) in [5, 5.41) is 4.14. The van der Waals surface area contributed by atoms with Crippen LogP contribution in [0.3, 0.4) is 0 Å². The van der Waals surface area contributed by atoms with Gasteiger partial charge in [-0.1, -0.05) is 12.1 Å². The van der Waals surface area contributed by atoms with Crippen molar-refractivity contribution in [1.29, 1.82) is 0 Å². The lowest BCUT2D eigenvalue weighted by atomic mass is 9.98. The van der Waals surface area contributed by atoms with Crippen LogP contribution in [0, 0.1) is 6.92 Å². The van der Waals surface area contributed by atoms with Crippen LogP contribution in [0.4, 0.5) is 0 Å². The molecule has 0 aliphatic carbocycles. The zero-order valence-electron chi connectivity index (χ0n) is 14.0. The summed E-state index contributed by atoms with van der Waals surface area (Å²) in [5.74, 6) is 0.404. The molecule has 1 fully saturated rings. The van der Waals surface area contributed by atoms with Crippen LogP contribution in [-0.2, 0) is 4.79 Å². The smallest absolute Gasteiger partial charge is 0.246 e. The molecule has 1 unspecified atom stereocenters. The summed E-state index contributed by atoms with van der Waals surface area (Å²) < 4.78 is 1.22. The Kier molecular flexibility index (Phi) is 4.63. The van der Waals surface area contributed by atoms with E-state index >= 15 is 0 Å². The lowest BCUT2D eigenvalue weighted by Crippen LogP contribution is -2.38. The first-order chi connectivity index (χ1) is 12.2. The van der Waals surface area contributed by atoms with Crippen LogP contribution < -0.4 is 0 Å². The number of aromatic nitrogens is 2. The highest BCUT2D eigenvalue weighted by Gasteiger charge is 2.26. The molecule has 0 radical (unpaired) electrons. The Morgan fingerprint density at radius 1 is 1.32 bits per heavy atom. The van der Waals surface area contributed by atoms with E-state index < -0.39 is 0 Å². The van der Waals surface area contributed by atoms with Crippen LogP contribution in [0.2, 0.25) is 0 Å². The van der Waals surface area contributed by atoms with Crippen LogP contribution in [0.1, 0.15) is 34.5 Å². The maximum Gasteiger partial charge on any atom is 0.246 e. The van der Waals surface area contributed by atoms with Gasteiger partial charge in [0, 0.05) is 30.5 Å². The predicted octanol–water partition coefficient (Wildman–Crippen LogP) is 4.48. The Balaban J connectivity index is 1.46.